The quantitative estimate of drug-likeness (QED) is 0.580. The third kappa shape index (κ3) is 2.95. The molecule has 5 nitrogen and oxygen atoms in total. The third-order valence-corrected chi connectivity index (χ3v) is 4.33. The fourth-order valence-corrected chi connectivity index (χ4v) is 3.01. The number of nitrogens with one attached hydrogen (secondary N) is 1. The van der Waals surface area contributed by atoms with Gasteiger partial charge >= 0.3 is 0 Å². The van der Waals surface area contributed by atoms with Gasteiger partial charge in [0.1, 0.15) is 0 Å². The summed E-state index contributed by atoms with van der Waals surface area (Å²) < 4.78 is 1.43. The van der Waals surface area contributed by atoms with E-state index in [9.17, 15) is 9.59 Å². The molecule has 4 rings (SSSR count). The summed E-state index contributed by atoms with van der Waals surface area (Å²) in [6.07, 6.45) is 2.38. The molecule has 5 heteroatoms. The van der Waals surface area contributed by atoms with Gasteiger partial charge in [-0.25, -0.2) is 4.98 Å². The van der Waals surface area contributed by atoms with Crippen molar-refractivity contribution in [3.05, 3.63) is 94.4 Å². The van der Waals surface area contributed by atoms with E-state index >= 15 is 0 Å². The standard InChI is InChI=1S/C21H17N3O2/c25-20(22-13-12-15-7-2-1-3-8-15)17-10-6-14-24-19(17)23-18-11-5-4-9-16(18)21(24)26/h1-11,14H,12-13H2,(H,22,25). The molecule has 0 atom stereocenters. The maximum Gasteiger partial charge on any atom is 0.265 e. The van der Waals surface area contributed by atoms with Crippen LogP contribution in [-0.2, 0) is 6.42 Å². The van der Waals surface area contributed by atoms with Crippen LogP contribution in [-0.4, -0.2) is 21.8 Å². The Morgan fingerprint density at radius 1 is 0.962 bits per heavy atom. The van der Waals surface area contributed by atoms with Gasteiger partial charge in [0.15, 0.2) is 5.65 Å². The third-order valence-electron chi connectivity index (χ3n) is 4.33. The lowest BCUT2D eigenvalue weighted by atomic mass is 10.1. The number of para-hydroxylation sites is 1. The van der Waals surface area contributed by atoms with Crippen molar-refractivity contribution in [2.24, 2.45) is 0 Å². The number of fused-ring (bicyclic) bond motifs is 2. The van der Waals surface area contributed by atoms with Crippen molar-refractivity contribution >= 4 is 22.5 Å². The van der Waals surface area contributed by atoms with E-state index in [1.807, 2.05) is 36.4 Å². The molecule has 2 heterocycles. The predicted molar refractivity (Wildman–Crippen MR) is 101 cm³/mol. The first-order valence-electron chi connectivity index (χ1n) is 8.46. The van der Waals surface area contributed by atoms with E-state index < -0.39 is 0 Å². The van der Waals surface area contributed by atoms with Crippen LogP contribution in [0.4, 0.5) is 0 Å². The maximum absolute atomic E-state index is 12.7. The largest absolute Gasteiger partial charge is 0.352 e. The van der Waals surface area contributed by atoms with Crippen LogP contribution in [0.1, 0.15) is 15.9 Å². The molecule has 0 spiro atoms. The molecule has 0 radical (unpaired) electrons. The minimum absolute atomic E-state index is 0.176. The topological polar surface area (TPSA) is 63.5 Å². The molecule has 2 aromatic carbocycles. The van der Waals surface area contributed by atoms with Crippen molar-refractivity contribution in [1.29, 1.82) is 0 Å². The summed E-state index contributed by atoms with van der Waals surface area (Å²) in [5.41, 5.74) is 2.33. The number of pyridine rings is 1. The van der Waals surface area contributed by atoms with Gasteiger partial charge in [0, 0.05) is 12.7 Å². The molecule has 0 unspecified atom stereocenters. The zero-order valence-electron chi connectivity index (χ0n) is 14.1. The van der Waals surface area contributed by atoms with E-state index in [0.29, 0.717) is 28.7 Å². The first kappa shape index (κ1) is 16.0. The smallest absolute Gasteiger partial charge is 0.265 e. The number of nitrogens with zero attached hydrogens (tertiary/aromatic N) is 2. The molecule has 0 aliphatic heterocycles. The molecule has 0 saturated heterocycles. The zero-order valence-corrected chi connectivity index (χ0v) is 14.1. The first-order chi connectivity index (χ1) is 12.7. The molecule has 4 aromatic rings. The molecule has 0 aliphatic carbocycles. The summed E-state index contributed by atoms with van der Waals surface area (Å²) in [7, 11) is 0. The molecule has 0 saturated carbocycles. The Morgan fingerprint density at radius 2 is 1.73 bits per heavy atom. The summed E-state index contributed by atoms with van der Waals surface area (Å²) in [6.45, 7) is 0.516. The lowest BCUT2D eigenvalue weighted by Crippen LogP contribution is -2.27. The van der Waals surface area contributed by atoms with Gasteiger partial charge < -0.3 is 5.32 Å². The van der Waals surface area contributed by atoms with Crippen molar-refractivity contribution in [3.8, 4) is 0 Å². The Morgan fingerprint density at radius 3 is 2.58 bits per heavy atom. The van der Waals surface area contributed by atoms with Crippen LogP contribution >= 0.6 is 0 Å². The van der Waals surface area contributed by atoms with Crippen LogP contribution in [0.2, 0.25) is 0 Å². The average molecular weight is 343 g/mol. The molecule has 26 heavy (non-hydrogen) atoms. The highest BCUT2D eigenvalue weighted by Gasteiger charge is 2.13. The number of carbonyl (C=O) groups excluding carboxylic acids is 1. The lowest BCUT2D eigenvalue weighted by Gasteiger charge is -2.09. The monoisotopic (exact) mass is 343 g/mol. The van der Waals surface area contributed by atoms with Gasteiger partial charge in [0.25, 0.3) is 11.5 Å². The molecule has 1 amide bonds. The van der Waals surface area contributed by atoms with Crippen molar-refractivity contribution in [2.75, 3.05) is 6.54 Å². The van der Waals surface area contributed by atoms with E-state index in [1.54, 1.807) is 36.5 Å². The second kappa shape index (κ2) is 6.80. The van der Waals surface area contributed by atoms with Gasteiger partial charge in [0.05, 0.1) is 16.5 Å². The number of benzene rings is 2. The molecular formula is C21H17N3O2. The molecule has 1 N–H and O–H groups in total. The Balaban J connectivity index is 1.65. The molecule has 0 aliphatic rings. The highest BCUT2D eigenvalue weighted by Crippen LogP contribution is 2.12. The molecule has 2 aromatic heterocycles. The van der Waals surface area contributed by atoms with Gasteiger partial charge in [-0.3, -0.25) is 14.0 Å². The number of aromatic nitrogens is 2. The zero-order chi connectivity index (χ0) is 17.9. The normalized spacial score (nSPS) is 10.9. The first-order valence-corrected chi connectivity index (χ1v) is 8.46. The lowest BCUT2D eigenvalue weighted by molar-refractivity contribution is 0.0955. The molecule has 0 bridgehead atoms. The Kier molecular flexibility index (Phi) is 4.19. The molecule has 0 fully saturated rings. The minimum Gasteiger partial charge on any atom is -0.352 e. The van der Waals surface area contributed by atoms with Crippen LogP contribution in [0, 0.1) is 0 Å². The van der Waals surface area contributed by atoms with E-state index in [1.165, 1.54) is 4.40 Å². The van der Waals surface area contributed by atoms with Crippen molar-refractivity contribution < 1.29 is 4.79 Å². The minimum atomic E-state index is -0.235. The Labute approximate surface area is 149 Å². The summed E-state index contributed by atoms with van der Waals surface area (Å²) in [5.74, 6) is -0.235. The van der Waals surface area contributed by atoms with Gasteiger partial charge in [-0.1, -0.05) is 42.5 Å². The van der Waals surface area contributed by atoms with Crippen molar-refractivity contribution in [2.45, 2.75) is 6.42 Å². The summed E-state index contributed by atoms with van der Waals surface area (Å²) >= 11 is 0. The summed E-state index contributed by atoms with van der Waals surface area (Å²) in [5, 5.41) is 3.45. The number of carbonyl (C=O) groups is 1. The van der Waals surface area contributed by atoms with E-state index in [-0.39, 0.29) is 11.5 Å². The number of hydrogen-bond donors (Lipinski definition) is 1. The van der Waals surface area contributed by atoms with Gasteiger partial charge in [-0.05, 0) is 36.2 Å². The number of rotatable bonds is 4. The van der Waals surface area contributed by atoms with Gasteiger partial charge in [-0.2, -0.15) is 0 Å². The van der Waals surface area contributed by atoms with E-state index in [2.05, 4.69) is 10.3 Å². The molecular weight excluding hydrogens is 326 g/mol. The number of hydrogen-bond acceptors (Lipinski definition) is 3. The SMILES string of the molecule is O=C(NCCc1ccccc1)c1cccn2c(=O)c3ccccc3nc12. The van der Waals surface area contributed by atoms with Crippen LogP contribution in [0.25, 0.3) is 16.6 Å². The second-order valence-corrected chi connectivity index (χ2v) is 6.04. The summed E-state index contributed by atoms with van der Waals surface area (Å²) in [6, 6.07) is 20.5. The van der Waals surface area contributed by atoms with Crippen LogP contribution in [0.5, 0.6) is 0 Å². The van der Waals surface area contributed by atoms with Crippen LogP contribution < -0.4 is 10.9 Å². The van der Waals surface area contributed by atoms with Gasteiger partial charge in [0.2, 0.25) is 0 Å². The van der Waals surface area contributed by atoms with Crippen LogP contribution in [0.3, 0.4) is 0 Å². The maximum atomic E-state index is 12.7. The molecule has 128 valence electrons. The second-order valence-electron chi connectivity index (χ2n) is 6.04. The van der Waals surface area contributed by atoms with Crippen molar-refractivity contribution in [3.63, 3.8) is 0 Å². The van der Waals surface area contributed by atoms with Crippen LogP contribution in [0.15, 0.2) is 77.7 Å². The highest BCUT2D eigenvalue weighted by atomic mass is 16.1. The summed E-state index contributed by atoms with van der Waals surface area (Å²) in [4.78, 5) is 29.8. The predicted octanol–water partition coefficient (Wildman–Crippen LogP) is 2.82. The average Bonchev–Trinajstić information content (AvgIpc) is 2.68. The van der Waals surface area contributed by atoms with Gasteiger partial charge in [-0.15, -0.1) is 0 Å². The Bertz CT molecular complexity index is 1150. The number of amides is 1. The van der Waals surface area contributed by atoms with E-state index in [4.69, 9.17) is 0 Å². The van der Waals surface area contributed by atoms with E-state index in [0.717, 1.165) is 12.0 Å². The Hall–Kier alpha value is -3.47. The fourth-order valence-electron chi connectivity index (χ4n) is 3.01. The highest BCUT2D eigenvalue weighted by molar-refractivity contribution is 6.00. The fraction of sp³-hybridized carbons (Fsp3) is 0.0952. The van der Waals surface area contributed by atoms with Crippen molar-refractivity contribution in [1.82, 2.24) is 14.7 Å².